The van der Waals surface area contributed by atoms with Crippen molar-refractivity contribution in [1.82, 2.24) is 9.78 Å². The zero-order valence-corrected chi connectivity index (χ0v) is 12.9. The molecule has 0 saturated heterocycles. The Morgan fingerprint density at radius 2 is 2.00 bits per heavy atom. The molecule has 20 heavy (non-hydrogen) atoms. The van der Waals surface area contributed by atoms with E-state index in [1.54, 1.807) is 7.11 Å². The van der Waals surface area contributed by atoms with Crippen molar-refractivity contribution in [1.29, 1.82) is 0 Å². The molecule has 2 aromatic rings. The quantitative estimate of drug-likeness (QED) is 0.931. The van der Waals surface area contributed by atoms with Gasteiger partial charge in [-0.2, -0.15) is 5.10 Å². The molecule has 0 fully saturated rings. The van der Waals surface area contributed by atoms with Crippen LogP contribution in [0.25, 0.3) is 0 Å². The van der Waals surface area contributed by atoms with E-state index in [9.17, 15) is 0 Å². The first-order valence-corrected chi connectivity index (χ1v) is 6.83. The highest BCUT2D eigenvalue weighted by molar-refractivity contribution is 5.39. The lowest BCUT2D eigenvalue weighted by Crippen LogP contribution is -2.16. The number of benzene rings is 1. The fourth-order valence-electron chi connectivity index (χ4n) is 2.73. The molecule has 0 aliphatic rings. The highest BCUT2D eigenvalue weighted by Gasteiger charge is 2.18. The maximum absolute atomic E-state index is 6.41. The molecule has 0 amide bonds. The van der Waals surface area contributed by atoms with Gasteiger partial charge in [0.1, 0.15) is 5.75 Å². The van der Waals surface area contributed by atoms with Crippen LogP contribution < -0.4 is 10.5 Å². The maximum atomic E-state index is 6.41. The smallest absolute Gasteiger partial charge is 0.122 e. The van der Waals surface area contributed by atoms with Gasteiger partial charge in [-0.05, 0) is 38.8 Å². The Labute approximate surface area is 120 Å². The Morgan fingerprint density at radius 1 is 1.30 bits per heavy atom. The van der Waals surface area contributed by atoms with Gasteiger partial charge in [0.15, 0.2) is 0 Å². The van der Waals surface area contributed by atoms with E-state index in [1.165, 1.54) is 5.56 Å². The number of aryl methyl sites for hydroxylation is 3. The number of aromatic nitrogens is 2. The maximum Gasteiger partial charge on any atom is 0.122 e. The molecule has 1 aromatic heterocycles. The molecule has 4 heteroatoms. The van der Waals surface area contributed by atoms with Crippen LogP contribution in [0.15, 0.2) is 18.2 Å². The predicted octanol–water partition coefficient (Wildman–Crippen LogP) is 2.60. The third kappa shape index (κ3) is 2.70. The van der Waals surface area contributed by atoms with Crippen molar-refractivity contribution < 1.29 is 4.74 Å². The Bertz CT molecular complexity index is 616. The molecule has 1 unspecified atom stereocenters. The summed E-state index contributed by atoms with van der Waals surface area (Å²) in [5.41, 5.74) is 12.0. The van der Waals surface area contributed by atoms with E-state index < -0.39 is 0 Å². The Morgan fingerprint density at radius 3 is 2.55 bits per heavy atom. The van der Waals surface area contributed by atoms with Crippen molar-refractivity contribution >= 4 is 0 Å². The van der Waals surface area contributed by atoms with Crippen LogP contribution in [0.4, 0.5) is 0 Å². The molecule has 1 heterocycles. The summed E-state index contributed by atoms with van der Waals surface area (Å²) in [6.45, 7) is 6.15. The van der Waals surface area contributed by atoms with Crippen molar-refractivity contribution in [3.63, 3.8) is 0 Å². The molecule has 0 aliphatic heterocycles. The largest absolute Gasteiger partial charge is 0.496 e. The monoisotopic (exact) mass is 273 g/mol. The second-order valence-electron chi connectivity index (χ2n) is 5.33. The van der Waals surface area contributed by atoms with E-state index in [-0.39, 0.29) is 6.04 Å². The summed E-state index contributed by atoms with van der Waals surface area (Å²) in [6, 6.07) is 6.12. The van der Waals surface area contributed by atoms with Crippen molar-refractivity contribution in [2.45, 2.75) is 33.2 Å². The van der Waals surface area contributed by atoms with Gasteiger partial charge in [0, 0.05) is 24.3 Å². The summed E-state index contributed by atoms with van der Waals surface area (Å²) in [7, 11) is 3.64. The molecule has 1 aromatic carbocycles. The van der Waals surface area contributed by atoms with Gasteiger partial charge in [-0.3, -0.25) is 4.68 Å². The van der Waals surface area contributed by atoms with E-state index in [0.29, 0.717) is 0 Å². The SMILES string of the molecule is COc1ccc(C)cc1CC(N)c1c(C)nn(C)c1C. The highest BCUT2D eigenvalue weighted by Crippen LogP contribution is 2.27. The van der Waals surface area contributed by atoms with Crippen LogP contribution in [0.1, 0.15) is 34.1 Å². The molecule has 108 valence electrons. The summed E-state index contributed by atoms with van der Waals surface area (Å²) in [5.74, 6) is 0.894. The van der Waals surface area contributed by atoms with Crippen LogP contribution in [0.5, 0.6) is 5.75 Å². The average molecular weight is 273 g/mol. The molecule has 4 nitrogen and oxygen atoms in total. The number of rotatable bonds is 4. The van der Waals surface area contributed by atoms with Crippen molar-refractivity contribution in [3.05, 3.63) is 46.3 Å². The number of nitrogens with two attached hydrogens (primary N) is 1. The third-order valence-electron chi connectivity index (χ3n) is 3.81. The molecule has 0 saturated carbocycles. The molecule has 2 N–H and O–H groups in total. The minimum Gasteiger partial charge on any atom is -0.496 e. The van der Waals surface area contributed by atoms with Gasteiger partial charge in [-0.1, -0.05) is 17.7 Å². The van der Waals surface area contributed by atoms with Gasteiger partial charge < -0.3 is 10.5 Å². The van der Waals surface area contributed by atoms with Crippen molar-refractivity contribution in [2.75, 3.05) is 7.11 Å². The molecule has 0 spiro atoms. The molecular weight excluding hydrogens is 250 g/mol. The minimum atomic E-state index is -0.0700. The van der Waals surface area contributed by atoms with Gasteiger partial charge in [0.05, 0.1) is 12.8 Å². The zero-order chi connectivity index (χ0) is 14.9. The van der Waals surface area contributed by atoms with Crippen LogP contribution in [-0.2, 0) is 13.5 Å². The van der Waals surface area contributed by atoms with Crippen LogP contribution in [0.3, 0.4) is 0 Å². The lowest BCUT2D eigenvalue weighted by atomic mass is 9.96. The minimum absolute atomic E-state index is 0.0700. The Balaban J connectivity index is 2.32. The first-order valence-electron chi connectivity index (χ1n) is 6.83. The van der Waals surface area contributed by atoms with Crippen LogP contribution in [0.2, 0.25) is 0 Å². The van der Waals surface area contributed by atoms with Gasteiger partial charge >= 0.3 is 0 Å². The summed E-state index contributed by atoms with van der Waals surface area (Å²) in [5, 5.41) is 4.44. The van der Waals surface area contributed by atoms with Crippen LogP contribution >= 0.6 is 0 Å². The third-order valence-corrected chi connectivity index (χ3v) is 3.81. The highest BCUT2D eigenvalue weighted by atomic mass is 16.5. The van der Waals surface area contributed by atoms with Gasteiger partial charge in [-0.25, -0.2) is 0 Å². The lowest BCUT2D eigenvalue weighted by molar-refractivity contribution is 0.408. The molecule has 0 radical (unpaired) electrons. The second-order valence-corrected chi connectivity index (χ2v) is 5.33. The first kappa shape index (κ1) is 14.6. The predicted molar refractivity (Wildman–Crippen MR) is 81.0 cm³/mol. The van der Waals surface area contributed by atoms with Crippen LogP contribution in [0, 0.1) is 20.8 Å². The van der Waals surface area contributed by atoms with Crippen LogP contribution in [-0.4, -0.2) is 16.9 Å². The Kier molecular flexibility index (Phi) is 4.14. The summed E-state index contributed by atoms with van der Waals surface area (Å²) in [6.07, 6.45) is 0.748. The number of methoxy groups -OCH3 is 1. The number of hydrogen-bond donors (Lipinski definition) is 1. The molecular formula is C16H23N3O. The zero-order valence-electron chi connectivity index (χ0n) is 12.9. The van der Waals surface area contributed by atoms with E-state index in [4.69, 9.17) is 10.5 Å². The molecule has 0 aliphatic carbocycles. The van der Waals surface area contributed by atoms with Gasteiger partial charge in [0.25, 0.3) is 0 Å². The average Bonchev–Trinajstić information content (AvgIpc) is 2.63. The summed E-state index contributed by atoms with van der Waals surface area (Å²) < 4.78 is 7.31. The number of ether oxygens (including phenoxy) is 1. The lowest BCUT2D eigenvalue weighted by Gasteiger charge is -2.15. The van der Waals surface area contributed by atoms with Crippen molar-refractivity contribution in [3.8, 4) is 5.75 Å². The number of hydrogen-bond acceptors (Lipinski definition) is 3. The number of nitrogens with zero attached hydrogens (tertiary/aromatic N) is 2. The summed E-state index contributed by atoms with van der Waals surface area (Å²) in [4.78, 5) is 0. The fraction of sp³-hybridized carbons (Fsp3) is 0.438. The Hall–Kier alpha value is -1.81. The van der Waals surface area contributed by atoms with Gasteiger partial charge in [0.2, 0.25) is 0 Å². The van der Waals surface area contributed by atoms with E-state index in [0.717, 1.165) is 34.7 Å². The van der Waals surface area contributed by atoms with Gasteiger partial charge in [-0.15, -0.1) is 0 Å². The van der Waals surface area contributed by atoms with E-state index in [2.05, 4.69) is 31.1 Å². The molecule has 0 bridgehead atoms. The first-order chi connectivity index (χ1) is 9.43. The fourth-order valence-corrected chi connectivity index (χ4v) is 2.73. The topological polar surface area (TPSA) is 53.1 Å². The van der Waals surface area contributed by atoms with E-state index in [1.807, 2.05) is 24.7 Å². The molecule has 1 atom stereocenters. The normalized spacial score (nSPS) is 12.5. The van der Waals surface area contributed by atoms with Crippen molar-refractivity contribution in [2.24, 2.45) is 12.8 Å². The molecule has 2 rings (SSSR count). The standard InChI is InChI=1S/C16H23N3O/c1-10-6-7-15(20-5)13(8-10)9-14(17)16-11(2)18-19(4)12(16)3/h6-8,14H,9,17H2,1-5H3. The van der Waals surface area contributed by atoms with E-state index >= 15 is 0 Å². The second kappa shape index (κ2) is 5.67. The summed E-state index contributed by atoms with van der Waals surface area (Å²) >= 11 is 0.